The summed E-state index contributed by atoms with van der Waals surface area (Å²) < 4.78 is 5.31. The van der Waals surface area contributed by atoms with Crippen LogP contribution in [-0.4, -0.2) is 16.8 Å². The Kier molecular flexibility index (Phi) is 5.54. The molecule has 2 heterocycles. The molecule has 1 unspecified atom stereocenters. The molecule has 0 aromatic carbocycles. The highest BCUT2D eigenvalue weighted by Gasteiger charge is 2.17. The van der Waals surface area contributed by atoms with Gasteiger partial charge < -0.3 is 15.5 Å². The molecule has 2 aromatic heterocycles. The van der Waals surface area contributed by atoms with Crippen LogP contribution in [0.15, 0.2) is 15.9 Å². The number of hydrogen-bond acceptors (Lipinski definition) is 5. The average Bonchev–Trinajstić information content (AvgIpc) is 3.11. The highest BCUT2D eigenvalue weighted by molar-refractivity contribution is 7.14. The number of rotatable bonds is 7. The van der Waals surface area contributed by atoms with E-state index in [4.69, 9.17) is 10.2 Å². The van der Waals surface area contributed by atoms with E-state index in [1.165, 1.54) is 11.3 Å². The third-order valence-electron chi connectivity index (χ3n) is 3.61. The first-order valence-corrected chi connectivity index (χ1v) is 8.47. The molecule has 0 radical (unpaired) electrons. The Balaban J connectivity index is 2.09. The van der Waals surface area contributed by atoms with E-state index in [1.807, 2.05) is 12.3 Å². The molecule has 2 aromatic rings. The van der Waals surface area contributed by atoms with Crippen molar-refractivity contribution in [3.63, 3.8) is 0 Å². The number of nitrogens with two attached hydrogens (primary N) is 1. The fourth-order valence-corrected chi connectivity index (χ4v) is 2.90. The summed E-state index contributed by atoms with van der Waals surface area (Å²) in [4.78, 5) is 27.7. The van der Waals surface area contributed by atoms with E-state index in [0.717, 1.165) is 19.3 Å². The molecule has 0 aliphatic rings. The molecular formula is C16H21N3O3S. The summed E-state index contributed by atoms with van der Waals surface area (Å²) in [6.07, 6.45) is 2.96. The Morgan fingerprint density at radius 1 is 1.48 bits per heavy atom. The van der Waals surface area contributed by atoms with Gasteiger partial charge in [-0.2, -0.15) is 0 Å². The van der Waals surface area contributed by atoms with Crippen molar-refractivity contribution < 1.29 is 14.0 Å². The second kappa shape index (κ2) is 7.41. The van der Waals surface area contributed by atoms with Gasteiger partial charge in [0.15, 0.2) is 10.9 Å². The number of aromatic nitrogens is 1. The number of furan rings is 1. The molecule has 0 fully saturated rings. The second-order valence-electron chi connectivity index (χ2n) is 5.52. The lowest BCUT2D eigenvalue weighted by Gasteiger charge is -2.09. The van der Waals surface area contributed by atoms with Gasteiger partial charge in [0.25, 0.3) is 5.91 Å². The molecule has 6 nitrogen and oxygen atoms in total. The number of primary amides is 1. The molecule has 2 rings (SSSR count). The number of nitrogens with one attached hydrogen (secondary N) is 1. The van der Waals surface area contributed by atoms with Gasteiger partial charge in [-0.3, -0.25) is 9.59 Å². The van der Waals surface area contributed by atoms with Crippen LogP contribution in [-0.2, 0) is 4.79 Å². The van der Waals surface area contributed by atoms with Gasteiger partial charge in [0.1, 0.15) is 5.76 Å². The normalized spacial score (nSPS) is 12.1. The van der Waals surface area contributed by atoms with E-state index in [9.17, 15) is 9.59 Å². The van der Waals surface area contributed by atoms with Crippen molar-refractivity contribution in [2.45, 2.75) is 40.0 Å². The molecule has 23 heavy (non-hydrogen) atoms. The SMILES string of the molecule is CCCCC(C)C(=O)Nc1nc(-c2cc(C(N)=O)oc2C)cs1. The maximum atomic E-state index is 12.1. The molecule has 1 atom stereocenters. The largest absolute Gasteiger partial charge is 0.456 e. The zero-order chi connectivity index (χ0) is 17.0. The van der Waals surface area contributed by atoms with E-state index >= 15 is 0 Å². The van der Waals surface area contributed by atoms with Gasteiger partial charge in [-0.1, -0.05) is 26.7 Å². The summed E-state index contributed by atoms with van der Waals surface area (Å²) in [5.74, 6) is -0.0177. The van der Waals surface area contributed by atoms with Gasteiger partial charge >= 0.3 is 0 Å². The predicted octanol–water partition coefficient (Wildman–Crippen LogP) is 3.58. The van der Waals surface area contributed by atoms with E-state index in [-0.39, 0.29) is 17.6 Å². The first-order chi connectivity index (χ1) is 10.9. The van der Waals surface area contributed by atoms with Gasteiger partial charge in [-0.05, 0) is 19.4 Å². The zero-order valence-corrected chi connectivity index (χ0v) is 14.3. The molecule has 124 valence electrons. The molecule has 0 saturated carbocycles. The van der Waals surface area contributed by atoms with Crippen molar-refractivity contribution in [3.05, 3.63) is 23.0 Å². The van der Waals surface area contributed by atoms with Gasteiger partial charge in [-0.15, -0.1) is 11.3 Å². The Labute approximate surface area is 139 Å². The minimum absolute atomic E-state index is 0.0268. The Hall–Kier alpha value is -2.15. The maximum absolute atomic E-state index is 12.1. The molecule has 0 bridgehead atoms. The Morgan fingerprint density at radius 3 is 2.83 bits per heavy atom. The molecule has 0 spiro atoms. The van der Waals surface area contributed by atoms with Crippen molar-refractivity contribution >= 4 is 28.3 Å². The van der Waals surface area contributed by atoms with Crippen LogP contribution < -0.4 is 11.1 Å². The number of hydrogen-bond donors (Lipinski definition) is 2. The van der Waals surface area contributed by atoms with Crippen molar-refractivity contribution in [2.75, 3.05) is 5.32 Å². The van der Waals surface area contributed by atoms with E-state index < -0.39 is 5.91 Å². The Morgan fingerprint density at radius 2 is 2.22 bits per heavy atom. The number of carbonyl (C=O) groups is 2. The summed E-state index contributed by atoms with van der Waals surface area (Å²) in [7, 11) is 0. The monoisotopic (exact) mass is 335 g/mol. The Bertz CT molecular complexity index is 705. The second-order valence-corrected chi connectivity index (χ2v) is 6.37. The number of unbranched alkanes of at least 4 members (excludes halogenated alkanes) is 1. The lowest BCUT2D eigenvalue weighted by atomic mass is 10.0. The lowest BCUT2D eigenvalue weighted by molar-refractivity contribution is -0.119. The molecular weight excluding hydrogens is 314 g/mol. The zero-order valence-electron chi connectivity index (χ0n) is 13.5. The van der Waals surface area contributed by atoms with Crippen molar-refractivity contribution in [2.24, 2.45) is 11.7 Å². The molecule has 7 heteroatoms. The van der Waals surface area contributed by atoms with Gasteiger partial charge in [0, 0.05) is 16.9 Å². The minimum Gasteiger partial charge on any atom is -0.456 e. The third kappa shape index (κ3) is 4.19. The van der Waals surface area contributed by atoms with Crippen LogP contribution in [0, 0.1) is 12.8 Å². The molecule has 0 saturated heterocycles. The number of aryl methyl sites for hydroxylation is 1. The first kappa shape index (κ1) is 17.2. The maximum Gasteiger partial charge on any atom is 0.284 e. The van der Waals surface area contributed by atoms with Gasteiger partial charge in [0.2, 0.25) is 5.91 Å². The standard InChI is InChI=1S/C16H21N3O3S/c1-4-5-6-9(2)15(21)19-16-18-12(8-23-16)11-7-13(14(17)20)22-10(11)3/h7-9H,4-6H2,1-3H3,(H2,17,20)(H,18,19,21). The summed E-state index contributed by atoms with van der Waals surface area (Å²) in [5, 5.41) is 5.19. The quantitative estimate of drug-likeness (QED) is 0.808. The van der Waals surface area contributed by atoms with E-state index in [1.54, 1.807) is 13.0 Å². The highest BCUT2D eigenvalue weighted by Crippen LogP contribution is 2.30. The van der Waals surface area contributed by atoms with Gasteiger partial charge in [-0.25, -0.2) is 4.98 Å². The van der Waals surface area contributed by atoms with Crippen LogP contribution in [0.2, 0.25) is 0 Å². The fraction of sp³-hybridized carbons (Fsp3) is 0.438. The molecule has 2 amide bonds. The van der Waals surface area contributed by atoms with E-state index in [0.29, 0.717) is 22.1 Å². The summed E-state index contributed by atoms with van der Waals surface area (Å²) >= 11 is 1.34. The first-order valence-electron chi connectivity index (χ1n) is 7.59. The van der Waals surface area contributed by atoms with Crippen LogP contribution in [0.4, 0.5) is 5.13 Å². The predicted molar refractivity (Wildman–Crippen MR) is 90.4 cm³/mol. The van der Waals surface area contributed by atoms with E-state index in [2.05, 4.69) is 17.2 Å². The van der Waals surface area contributed by atoms with Crippen LogP contribution >= 0.6 is 11.3 Å². The minimum atomic E-state index is -0.618. The fourth-order valence-electron chi connectivity index (χ4n) is 2.18. The number of anilines is 1. The van der Waals surface area contributed by atoms with Crippen molar-refractivity contribution in [3.8, 4) is 11.3 Å². The number of nitrogens with zero attached hydrogens (tertiary/aromatic N) is 1. The molecule has 0 aliphatic heterocycles. The molecule has 0 aliphatic carbocycles. The highest BCUT2D eigenvalue weighted by atomic mass is 32.1. The topological polar surface area (TPSA) is 98.2 Å². The van der Waals surface area contributed by atoms with Crippen LogP contribution in [0.25, 0.3) is 11.3 Å². The van der Waals surface area contributed by atoms with Crippen molar-refractivity contribution in [1.29, 1.82) is 0 Å². The summed E-state index contributed by atoms with van der Waals surface area (Å²) in [6, 6.07) is 1.57. The number of thiazole rings is 1. The summed E-state index contributed by atoms with van der Waals surface area (Å²) in [6.45, 7) is 5.76. The van der Waals surface area contributed by atoms with Crippen LogP contribution in [0.1, 0.15) is 49.4 Å². The number of carbonyl (C=O) groups excluding carboxylic acids is 2. The van der Waals surface area contributed by atoms with Crippen LogP contribution in [0.3, 0.4) is 0 Å². The van der Waals surface area contributed by atoms with Gasteiger partial charge in [0.05, 0.1) is 5.69 Å². The lowest BCUT2D eigenvalue weighted by Crippen LogP contribution is -2.20. The third-order valence-corrected chi connectivity index (χ3v) is 4.37. The van der Waals surface area contributed by atoms with Crippen LogP contribution in [0.5, 0.6) is 0 Å². The number of amides is 2. The summed E-state index contributed by atoms with van der Waals surface area (Å²) in [5.41, 5.74) is 6.57. The smallest absolute Gasteiger partial charge is 0.284 e. The van der Waals surface area contributed by atoms with Crippen molar-refractivity contribution in [1.82, 2.24) is 4.98 Å². The average molecular weight is 335 g/mol. The molecule has 3 N–H and O–H groups in total.